The van der Waals surface area contributed by atoms with E-state index in [1.165, 1.54) is 23.1 Å². The quantitative estimate of drug-likeness (QED) is 0.265. The van der Waals surface area contributed by atoms with Gasteiger partial charge >= 0.3 is 0 Å². The van der Waals surface area contributed by atoms with Gasteiger partial charge in [0.25, 0.3) is 11.1 Å². The Morgan fingerprint density at radius 2 is 1.82 bits per heavy atom. The highest BCUT2D eigenvalue weighted by Crippen LogP contribution is 2.33. The highest BCUT2D eigenvalue weighted by molar-refractivity contribution is 7.98. The van der Waals surface area contributed by atoms with Gasteiger partial charge in [-0.3, -0.25) is 9.69 Å². The molecule has 1 amide bonds. The first-order valence-electron chi connectivity index (χ1n) is 10.8. The molecular formula is C25H26N4O3S2. The lowest BCUT2D eigenvalue weighted by molar-refractivity contribution is -0.115. The number of amides is 1. The predicted molar refractivity (Wildman–Crippen MR) is 135 cm³/mol. The van der Waals surface area contributed by atoms with E-state index in [0.29, 0.717) is 22.0 Å². The molecule has 2 aromatic heterocycles. The van der Waals surface area contributed by atoms with E-state index >= 15 is 0 Å². The second-order valence-electron chi connectivity index (χ2n) is 8.07. The molecule has 0 unspecified atom stereocenters. The van der Waals surface area contributed by atoms with Crippen molar-refractivity contribution in [2.24, 2.45) is 0 Å². The highest BCUT2D eigenvalue weighted by atomic mass is 32.2. The van der Waals surface area contributed by atoms with Crippen LogP contribution in [-0.4, -0.2) is 21.1 Å². The lowest BCUT2D eigenvalue weighted by Gasteiger charge is -2.20. The van der Waals surface area contributed by atoms with Crippen LogP contribution in [-0.2, 0) is 17.2 Å². The van der Waals surface area contributed by atoms with Gasteiger partial charge in [-0.05, 0) is 56.5 Å². The number of ether oxygens (including phenoxy) is 1. The van der Waals surface area contributed by atoms with E-state index in [4.69, 9.17) is 9.15 Å². The summed E-state index contributed by atoms with van der Waals surface area (Å²) in [5.74, 6) is 1.70. The Labute approximate surface area is 207 Å². The zero-order valence-electron chi connectivity index (χ0n) is 19.8. The number of carbonyl (C=O) groups is 1. The summed E-state index contributed by atoms with van der Waals surface area (Å²) in [6.07, 6.45) is 0. The van der Waals surface area contributed by atoms with Crippen LogP contribution in [0.25, 0.3) is 0 Å². The molecule has 0 radical (unpaired) electrons. The number of hydrogen-bond acceptors (Lipinski definition) is 8. The van der Waals surface area contributed by atoms with Gasteiger partial charge in [0.1, 0.15) is 5.75 Å². The Bertz CT molecular complexity index is 1320. The van der Waals surface area contributed by atoms with Crippen LogP contribution in [0.4, 0.5) is 10.8 Å². The smallest absolute Gasteiger partial charge is 0.277 e. The topological polar surface area (TPSA) is 81.4 Å². The van der Waals surface area contributed by atoms with E-state index in [9.17, 15) is 4.79 Å². The maximum absolute atomic E-state index is 12.4. The summed E-state index contributed by atoms with van der Waals surface area (Å²) in [5, 5.41) is 11.2. The van der Waals surface area contributed by atoms with E-state index in [1.807, 2.05) is 63.4 Å². The van der Waals surface area contributed by atoms with Crippen molar-refractivity contribution in [2.45, 2.75) is 52.2 Å². The van der Waals surface area contributed by atoms with E-state index in [1.54, 1.807) is 11.8 Å². The minimum absolute atomic E-state index is 0.0779. The van der Waals surface area contributed by atoms with Gasteiger partial charge in [0, 0.05) is 18.1 Å². The number of rotatable bonds is 8. The highest BCUT2D eigenvalue weighted by Gasteiger charge is 2.20. The summed E-state index contributed by atoms with van der Waals surface area (Å²) in [7, 11) is 0. The number of hydrogen-bond donors (Lipinski definition) is 0. The molecule has 4 aromatic rings. The number of nitrogens with zero attached hydrogens (tertiary/aromatic N) is 4. The van der Waals surface area contributed by atoms with Gasteiger partial charge in [-0.1, -0.05) is 41.6 Å². The lowest BCUT2D eigenvalue weighted by Crippen LogP contribution is -2.23. The maximum Gasteiger partial charge on any atom is 0.277 e. The minimum Gasteiger partial charge on any atom is -0.484 e. The van der Waals surface area contributed by atoms with E-state index < -0.39 is 0 Å². The Morgan fingerprint density at radius 1 is 1.06 bits per heavy atom. The Balaban J connectivity index is 1.38. The first-order chi connectivity index (χ1) is 16.3. The summed E-state index contributed by atoms with van der Waals surface area (Å²) >= 11 is 2.84. The second-order valence-corrected chi connectivity index (χ2v) is 9.84. The minimum atomic E-state index is -0.0779. The number of anilines is 2. The van der Waals surface area contributed by atoms with Gasteiger partial charge in [0.05, 0.1) is 11.4 Å². The van der Waals surface area contributed by atoms with Crippen molar-refractivity contribution < 1.29 is 13.9 Å². The zero-order valence-corrected chi connectivity index (χ0v) is 21.4. The van der Waals surface area contributed by atoms with Crippen LogP contribution in [0.5, 0.6) is 5.75 Å². The van der Waals surface area contributed by atoms with Gasteiger partial charge in [-0.2, -0.15) is 0 Å². The summed E-state index contributed by atoms with van der Waals surface area (Å²) < 4.78 is 11.6. The van der Waals surface area contributed by atoms with Crippen molar-refractivity contribution in [3.05, 3.63) is 75.6 Å². The number of carbonyl (C=O) groups excluding carboxylic acids is 1. The number of aromatic nitrogens is 3. The van der Waals surface area contributed by atoms with Crippen molar-refractivity contribution in [1.82, 2.24) is 15.2 Å². The molecule has 0 atom stereocenters. The van der Waals surface area contributed by atoms with Crippen LogP contribution < -0.4 is 9.64 Å². The average Bonchev–Trinajstić information content (AvgIpc) is 3.44. The molecule has 0 bridgehead atoms. The molecule has 7 nitrogen and oxygen atoms in total. The van der Waals surface area contributed by atoms with E-state index in [-0.39, 0.29) is 12.5 Å². The molecule has 9 heteroatoms. The predicted octanol–water partition coefficient (Wildman–Crippen LogP) is 6.32. The fourth-order valence-electron chi connectivity index (χ4n) is 3.42. The van der Waals surface area contributed by atoms with Crippen molar-refractivity contribution in [3.63, 3.8) is 0 Å². The Hall–Kier alpha value is -3.17. The molecule has 2 heterocycles. The molecule has 0 saturated heterocycles. The second kappa shape index (κ2) is 10.4. The number of thioether (sulfide) groups is 1. The summed E-state index contributed by atoms with van der Waals surface area (Å²) in [5.41, 5.74) is 6.05. The zero-order chi connectivity index (χ0) is 24.2. The van der Waals surface area contributed by atoms with Gasteiger partial charge in [-0.15, -0.1) is 21.5 Å². The third-order valence-corrected chi connectivity index (χ3v) is 6.85. The molecule has 0 spiro atoms. The molecule has 0 saturated carbocycles. The maximum atomic E-state index is 12.4. The van der Waals surface area contributed by atoms with Crippen LogP contribution in [0, 0.1) is 27.7 Å². The lowest BCUT2D eigenvalue weighted by atomic mass is 10.1. The monoisotopic (exact) mass is 494 g/mol. The summed E-state index contributed by atoms with van der Waals surface area (Å²) in [6.45, 7) is 9.82. The van der Waals surface area contributed by atoms with Gasteiger partial charge in [-0.25, -0.2) is 4.98 Å². The largest absolute Gasteiger partial charge is 0.484 e. The van der Waals surface area contributed by atoms with Crippen LogP contribution in [0.1, 0.15) is 40.8 Å². The molecular weight excluding hydrogens is 468 g/mol. The van der Waals surface area contributed by atoms with Crippen LogP contribution in [0.15, 0.2) is 51.4 Å². The molecule has 34 heavy (non-hydrogen) atoms. The third-order valence-electron chi connectivity index (χ3n) is 5.13. The van der Waals surface area contributed by atoms with Crippen molar-refractivity contribution >= 4 is 39.8 Å². The Morgan fingerprint density at radius 3 is 2.59 bits per heavy atom. The van der Waals surface area contributed by atoms with Gasteiger partial charge in [0.15, 0.2) is 11.7 Å². The van der Waals surface area contributed by atoms with Crippen molar-refractivity contribution in [2.75, 3.05) is 4.90 Å². The average molecular weight is 495 g/mol. The molecule has 0 aliphatic carbocycles. The third kappa shape index (κ3) is 5.66. The molecule has 176 valence electrons. The van der Waals surface area contributed by atoms with Crippen LogP contribution in [0.3, 0.4) is 0 Å². The number of benzene rings is 2. The molecule has 0 N–H and O–H groups in total. The van der Waals surface area contributed by atoms with Gasteiger partial charge in [0.2, 0.25) is 5.91 Å². The SMILES string of the molecule is CC(=O)N(c1nc(CSc2nnc(COc3cc(C)ccc3C)o2)cs1)c1ccc(C)cc1C. The summed E-state index contributed by atoms with van der Waals surface area (Å²) in [4.78, 5) is 18.8. The van der Waals surface area contributed by atoms with Crippen molar-refractivity contribution in [1.29, 1.82) is 0 Å². The van der Waals surface area contributed by atoms with E-state index in [0.717, 1.165) is 39.4 Å². The molecule has 0 fully saturated rings. The number of aryl methyl sites for hydroxylation is 4. The van der Waals surface area contributed by atoms with Crippen LogP contribution >= 0.6 is 23.1 Å². The molecule has 0 aliphatic heterocycles. The Kier molecular flexibility index (Phi) is 7.33. The summed E-state index contributed by atoms with van der Waals surface area (Å²) in [6, 6.07) is 12.1. The van der Waals surface area contributed by atoms with Crippen molar-refractivity contribution in [3.8, 4) is 5.75 Å². The number of thiazole rings is 1. The molecule has 2 aromatic carbocycles. The fourth-order valence-corrected chi connectivity index (χ4v) is 5.08. The first kappa shape index (κ1) is 24.0. The molecule has 0 aliphatic rings. The fraction of sp³-hybridized carbons (Fsp3) is 0.280. The van der Waals surface area contributed by atoms with Gasteiger partial charge < -0.3 is 9.15 Å². The first-order valence-corrected chi connectivity index (χ1v) is 12.6. The van der Waals surface area contributed by atoms with E-state index in [2.05, 4.69) is 21.2 Å². The molecule has 4 rings (SSSR count). The normalized spacial score (nSPS) is 11.0. The standard InChI is InChI=1S/C25H26N4O3S2/c1-15-7-9-21(18(4)10-15)29(19(5)30)24-26-20(13-33-24)14-34-25-28-27-23(32-25)12-31-22-11-16(2)6-8-17(22)3/h6-11,13H,12,14H2,1-5H3. The van der Waals surface area contributed by atoms with Crippen LogP contribution in [0.2, 0.25) is 0 Å².